The van der Waals surface area contributed by atoms with E-state index in [2.05, 4.69) is 46.2 Å². The normalized spacial score (nSPS) is 18.9. The van der Waals surface area contributed by atoms with E-state index in [0.29, 0.717) is 0 Å². The summed E-state index contributed by atoms with van der Waals surface area (Å²) in [5.41, 5.74) is 0. The maximum atomic E-state index is 4.53. The van der Waals surface area contributed by atoms with Gasteiger partial charge in [0.2, 0.25) is 0 Å². The summed E-state index contributed by atoms with van der Waals surface area (Å²) in [6.45, 7) is 6.08. The van der Waals surface area contributed by atoms with Gasteiger partial charge in [-0.05, 0) is 30.8 Å². The van der Waals surface area contributed by atoms with E-state index in [9.17, 15) is 0 Å². The molecule has 1 saturated heterocycles. The van der Waals surface area contributed by atoms with Crippen LogP contribution in [0.4, 0.5) is 11.6 Å². The number of nitrogens with one attached hydrogen (secondary N) is 2. The van der Waals surface area contributed by atoms with Crippen LogP contribution >= 0.6 is 11.8 Å². The molecule has 1 aromatic rings. The summed E-state index contributed by atoms with van der Waals surface area (Å²) in [5.74, 6) is 6.15. The van der Waals surface area contributed by atoms with Crippen molar-refractivity contribution in [1.82, 2.24) is 9.97 Å². The number of nitrogens with zero attached hydrogens (tertiary/aromatic N) is 2. The van der Waals surface area contributed by atoms with Gasteiger partial charge in [-0.25, -0.2) is 9.97 Å². The Balaban J connectivity index is 1.98. The van der Waals surface area contributed by atoms with Crippen LogP contribution in [-0.4, -0.2) is 34.6 Å². The first-order valence-electron chi connectivity index (χ1n) is 6.75. The van der Waals surface area contributed by atoms with E-state index in [1.54, 1.807) is 0 Å². The Morgan fingerprint density at radius 3 is 2.67 bits per heavy atom. The summed E-state index contributed by atoms with van der Waals surface area (Å²) in [6.07, 6.45) is 2.19. The highest BCUT2D eigenvalue weighted by Gasteiger charge is 2.15. The van der Waals surface area contributed by atoms with Crippen molar-refractivity contribution in [3.8, 4) is 0 Å². The number of anilines is 2. The lowest BCUT2D eigenvalue weighted by Crippen LogP contribution is -2.15. The summed E-state index contributed by atoms with van der Waals surface area (Å²) in [6, 6.07) is 2.00. The first-order chi connectivity index (χ1) is 8.81. The predicted molar refractivity (Wildman–Crippen MR) is 79.5 cm³/mol. The van der Waals surface area contributed by atoms with Crippen LogP contribution in [-0.2, 0) is 6.42 Å². The molecule has 1 aliphatic heterocycles. The summed E-state index contributed by atoms with van der Waals surface area (Å²) in [4.78, 5) is 8.98. The van der Waals surface area contributed by atoms with Crippen LogP contribution in [0.15, 0.2) is 6.07 Å². The van der Waals surface area contributed by atoms with Crippen molar-refractivity contribution in [3.63, 3.8) is 0 Å². The topological polar surface area (TPSA) is 49.8 Å². The predicted octanol–water partition coefficient (Wildman–Crippen LogP) is 2.64. The van der Waals surface area contributed by atoms with Crippen LogP contribution in [0.3, 0.4) is 0 Å². The summed E-state index contributed by atoms with van der Waals surface area (Å²) in [7, 11) is 0. The standard InChI is InChI=1S/C13H22N4S/c1-3-11-16-12(14-4-2)7-13(17-11)15-8-10-5-6-18-9-10/h7,10H,3-6,8-9H2,1-2H3,(H2,14,15,16,17). The summed E-state index contributed by atoms with van der Waals surface area (Å²) in [5, 5.41) is 6.71. The first-order valence-corrected chi connectivity index (χ1v) is 7.90. The lowest BCUT2D eigenvalue weighted by molar-refractivity contribution is 0.630. The zero-order valence-electron chi connectivity index (χ0n) is 11.2. The van der Waals surface area contributed by atoms with E-state index in [0.717, 1.165) is 42.9 Å². The van der Waals surface area contributed by atoms with Gasteiger partial charge in [-0.3, -0.25) is 0 Å². The summed E-state index contributed by atoms with van der Waals surface area (Å²) >= 11 is 2.05. The van der Waals surface area contributed by atoms with Gasteiger partial charge in [-0.2, -0.15) is 11.8 Å². The molecule has 2 N–H and O–H groups in total. The monoisotopic (exact) mass is 266 g/mol. The second-order valence-corrected chi connectivity index (χ2v) is 5.70. The quantitative estimate of drug-likeness (QED) is 0.829. The highest BCUT2D eigenvalue weighted by molar-refractivity contribution is 7.99. The molecule has 5 heteroatoms. The van der Waals surface area contributed by atoms with Gasteiger partial charge in [0, 0.05) is 25.6 Å². The number of hydrogen-bond donors (Lipinski definition) is 2. The minimum absolute atomic E-state index is 0.789. The van der Waals surface area contributed by atoms with Crippen molar-refractivity contribution in [2.75, 3.05) is 35.2 Å². The van der Waals surface area contributed by atoms with Gasteiger partial charge in [0.1, 0.15) is 17.5 Å². The van der Waals surface area contributed by atoms with Crippen molar-refractivity contribution in [1.29, 1.82) is 0 Å². The molecule has 2 rings (SSSR count). The van der Waals surface area contributed by atoms with Crippen LogP contribution in [0.2, 0.25) is 0 Å². The SMILES string of the molecule is CCNc1cc(NCC2CCSC2)nc(CC)n1. The fourth-order valence-electron chi connectivity index (χ4n) is 2.01. The van der Waals surface area contributed by atoms with Gasteiger partial charge in [0.05, 0.1) is 0 Å². The molecule has 1 atom stereocenters. The molecule has 18 heavy (non-hydrogen) atoms. The second kappa shape index (κ2) is 6.83. The van der Waals surface area contributed by atoms with Gasteiger partial charge in [-0.15, -0.1) is 0 Å². The zero-order valence-corrected chi connectivity index (χ0v) is 12.0. The summed E-state index contributed by atoms with van der Waals surface area (Å²) < 4.78 is 0. The van der Waals surface area contributed by atoms with Gasteiger partial charge in [0.25, 0.3) is 0 Å². The smallest absolute Gasteiger partial charge is 0.132 e. The molecule has 0 aromatic carbocycles. The van der Waals surface area contributed by atoms with Crippen LogP contribution in [0.5, 0.6) is 0 Å². The Bertz CT molecular complexity index is 377. The number of rotatable bonds is 6. The molecular weight excluding hydrogens is 244 g/mol. The molecule has 0 amide bonds. The molecule has 1 aromatic heterocycles. The van der Waals surface area contributed by atoms with Crippen molar-refractivity contribution in [3.05, 3.63) is 11.9 Å². The van der Waals surface area contributed by atoms with E-state index in [4.69, 9.17) is 0 Å². The van der Waals surface area contributed by atoms with Crippen molar-refractivity contribution in [2.24, 2.45) is 5.92 Å². The third-order valence-electron chi connectivity index (χ3n) is 3.04. The molecule has 1 fully saturated rings. The van der Waals surface area contributed by atoms with Gasteiger partial charge >= 0.3 is 0 Å². The van der Waals surface area contributed by atoms with E-state index < -0.39 is 0 Å². The second-order valence-electron chi connectivity index (χ2n) is 4.55. The Morgan fingerprint density at radius 1 is 1.28 bits per heavy atom. The maximum absolute atomic E-state index is 4.53. The molecule has 0 aliphatic carbocycles. The largest absolute Gasteiger partial charge is 0.370 e. The number of thioether (sulfide) groups is 1. The Kier molecular flexibility index (Phi) is 5.11. The first kappa shape index (κ1) is 13.5. The van der Waals surface area contributed by atoms with Gasteiger partial charge in [0.15, 0.2) is 0 Å². The molecule has 2 heterocycles. The zero-order chi connectivity index (χ0) is 12.8. The van der Waals surface area contributed by atoms with E-state index in [-0.39, 0.29) is 0 Å². The average molecular weight is 266 g/mol. The number of aryl methyl sites for hydroxylation is 1. The Labute approximate surface area is 113 Å². The molecule has 100 valence electrons. The molecule has 0 bridgehead atoms. The van der Waals surface area contributed by atoms with Crippen molar-refractivity contribution in [2.45, 2.75) is 26.7 Å². The van der Waals surface area contributed by atoms with Gasteiger partial charge < -0.3 is 10.6 Å². The highest BCUT2D eigenvalue weighted by Crippen LogP contribution is 2.23. The van der Waals surface area contributed by atoms with Crippen LogP contribution in [0.25, 0.3) is 0 Å². The number of aromatic nitrogens is 2. The van der Waals surface area contributed by atoms with E-state index >= 15 is 0 Å². The fraction of sp³-hybridized carbons (Fsp3) is 0.692. The van der Waals surface area contributed by atoms with Crippen LogP contribution in [0.1, 0.15) is 26.1 Å². The van der Waals surface area contributed by atoms with E-state index in [1.807, 2.05) is 6.07 Å². The molecule has 0 spiro atoms. The van der Waals surface area contributed by atoms with E-state index in [1.165, 1.54) is 17.9 Å². The molecule has 0 saturated carbocycles. The van der Waals surface area contributed by atoms with Crippen molar-refractivity contribution >= 4 is 23.4 Å². The maximum Gasteiger partial charge on any atom is 0.132 e. The molecule has 4 nitrogen and oxygen atoms in total. The third kappa shape index (κ3) is 3.77. The highest BCUT2D eigenvalue weighted by atomic mass is 32.2. The third-order valence-corrected chi connectivity index (χ3v) is 4.27. The number of hydrogen-bond acceptors (Lipinski definition) is 5. The lowest BCUT2D eigenvalue weighted by Gasteiger charge is -2.12. The average Bonchev–Trinajstić information content (AvgIpc) is 2.89. The molecule has 1 unspecified atom stereocenters. The van der Waals surface area contributed by atoms with Gasteiger partial charge in [-0.1, -0.05) is 6.92 Å². The molecule has 0 radical (unpaired) electrons. The molecular formula is C13H22N4S. The minimum atomic E-state index is 0.789. The van der Waals surface area contributed by atoms with Crippen LogP contribution in [0, 0.1) is 5.92 Å². The lowest BCUT2D eigenvalue weighted by atomic mass is 10.1. The van der Waals surface area contributed by atoms with Crippen LogP contribution < -0.4 is 10.6 Å². The van der Waals surface area contributed by atoms with Crippen molar-refractivity contribution < 1.29 is 0 Å². The fourth-order valence-corrected chi connectivity index (χ4v) is 3.30. The Morgan fingerprint density at radius 2 is 2.06 bits per heavy atom. The minimum Gasteiger partial charge on any atom is -0.370 e. The Hall–Kier alpha value is -0.970. The molecule has 1 aliphatic rings.